The molecule has 0 amide bonds. The van der Waals surface area contributed by atoms with Gasteiger partial charge in [-0.1, -0.05) is 35.5 Å². The van der Waals surface area contributed by atoms with Crippen LogP contribution in [0.5, 0.6) is 0 Å². The van der Waals surface area contributed by atoms with E-state index in [4.69, 9.17) is 4.74 Å². The number of aliphatic hydroxyl groups is 1. The summed E-state index contributed by atoms with van der Waals surface area (Å²) in [5.41, 5.74) is 1.90. The number of benzene rings is 1. The van der Waals surface area contributed by atoms with Gasteiger partial charge in [0.05, 0.1) is 37.6 Å². The fourth-order valence-electron chi connectivity index (χ4n) is 3.05. The molecule has 0 bridgehead atoms. The van der Waals surface area contributed by atoms with Gasteiger partial charge in [-0.15, -0.1) is 5.10 Å². The van der Waals surface area contributed by atoms with E-state index >= 15 is 0 Å². The third-order valence-electron chi connectivity index (χ3n) is 4.61. The molecule has 6 nitrogen and oxygen atoms in total. The molecule has 4 rings (SSSR count). The Morgan fingerprint density at radius 2 is 2.09 bits per heavy atom. The Labute approximate surface area is 135 Å². The van der Waals surface area contributed by atoms with Crippen LogP contribution in [0.1, 0.15) is 12.8 Å². The molecule has 1 aromatic carbocycles. The van der Waals surface area contributed by atoms with Gasteiger partial charge in [-0.2, -0.15) is 0 Å². The summed E-state index contributed by atoms with van der Waals surface area (Å²) in [5, 5.41) is 22.0. The predicted octanol–water partition coefficient (Wildman–Crippen LogP) is 1.07. The fourth-order valence-corrected chi connectivity index (χ4v) is 3.05. The molecule has 0 radical (unpaired) electrons. The SMILES string of the molecule is O[C@H]1CO[C@H](Cn2cc(-c3ccccc3)nn2)[C@@H]1NCC1CC1. The maximum absolute atomic E-state index is 10.1. The van der Waals surface area contributed by atoms with Gasteiger partial charge in [0.2, 0.25) is 0 Å². The number of hydrogen-bond acceptors (Lipinski definition) is 5. The van der Waals surface area contributed by atoms with Gasteiger partial charge in [-0.3, -0.25) is 0 Å². The van der Waals surface area contributed by atoms with E-state index in [9.17, 15) is 5.11 Å². The van der Waals surface area contributed by atoms with Crippen LogP contribution in [0, 0.1) is 5.92 Å². The quantitative estimate of drug-likeness (QED) is 0.834. The standard InChI is InChI=1S/C17H22N4O2/c22-15-11-23-16(17(15)18-8-12-6-7-12)10-21-9-14(19-20-21)13-4-2-1-3-5-13/h1-5,9,12,15-18,22H,6-8,10-11H2/t15-,16+,17+/m0/s1. The molecule has 2 aromatic rings. The minimum Gasteiger partial charge on any atom is -0.389 e. The van der Waals surface area contributed by atoms with Crippen molar-refractivity contribution in [3.8, 4) is 11.3 Å². The lowest BCUT2D eigenvalue weighted by molar-refractivity contribution is 0.0742. The van der Waals surface area contributed by atoms with Crippen LogP contribution in [-0.2, 0) is 11.3 Å². The Hall–Kier alpha value is -1.76. The second kappa shape index (κ2) is 6.39. The Morgan fingerprint density at radius 1 is 1.26 bits per heavy atom. The highest BCUT2D eigenvalue weighted by atomic mass is 16.5. The summed E-state index contributed by atoms with van der Waals surface area (Å²) in [6.45, 7) is 1.95. The van der Waals surface area contributed by atoms with E-state index in [1.54, 1.807) is 4.68 Å². The van der Waals surface area contributed by atoms with Gasteiger partial charge in [0.1, 0.15) is 5.69 Å². The molecular formula is C17H22N4O2. The first-order chi connectivity index (χ1) is 11.3. The summed E-state index contributed by atoms with van der Waals surface area (Å²) in [5.74, 6) is 0.777. The van der Waals surface area contributed by atoms with Crippen molar-refractivity contribution in [3.63, 3.8) is 0 Å². The first-order valence-electron chi connectivity index (χ1n) is 8.28. The number of ether oxygens (including phenoxy) is 1. The Kier molecular flexibility index (Phi) is 4.11. The maximum atomic E-state index is 10.1. The van der Waals surface area contributed by atoms with Gasteiger partial charge in [0, 0.05) is 5.56 Å². The third-order valence-corrected chi connectivity index (χ3v) is 4.61. The first-order valence-corrected chi connectivity index (χ1v) is 8.28. The van der Waals surface area contributed by atoms with E-state index in [-0.39, 0.29) is 12.1 Å². The van der Waals surface area contributed by atoms with E-state index < -0.39 is 6.10 Å². The van der Waals surface area contributed by atoms with Crippen molar-refractivity contribution in [1.29, 1.82) is 0 Å². The monoisotopic (exact) mass is 314 g/mol. The van der Waals surface area contributed by atoms with Crippen LogP contribution in [0.2, 0.25) is 0 Å². The van der Waals surface area contributed by atoms with Crippen molar-refractivity contribution in [1.82, 2.24) is 20.3 Å². The third kappa shape index (κ3) is 3.44. The van der Waals surface area contributed by atoms with Crippen LogP contribution in [0.3, 0.4) is 0 Å². The molecule has 0 unspecified atom stereocenters. The van der Waals surface area contributed by atoms with Crippen LogP contribution in [0.25, 0.3) is 11.3 Å². The topological polar surface area (TPSA) is 72.2 Å². The minimum atomic E-state index is -0.448. The van der Waals surface area contributed by atoms with Crippen LogP contribution in [0.4, 0.5) is 0 Å². The molecule has 1 saturated carbocycles. The molecule has 1 aliphatic carbocycles. The number of aliphatic hydroxyl groups excluding tert-OH is 1. The highest BCUT2D eigenvalue weighted by Crippen LogP contribution is 2.28. The van der Waals surface area contributed by atoms with E-state index in [2.05, 4.69) is 15.6 Å². The van der Waals surface area contributed by atoms with Gasteiger partial charge in [0.25, 0.3) is 0 Å². The molecule has 2 N–H and O–H groups in total. The van der Waals surface area contributed by atoms with Crippen LogP contribution >= 0.6 is 0 Å². The summed E-state index contributed by atoms with van der Waals surface area (Å²) in [6.07, 6.45) is 4.00. The lowest BCUT2D eigenvalue weighted by Gasteiger charge is -2.21. The van der Waals surface area contributed by atoms with Gasteiger partial charge in [0.15, 0.2) is 0 Å². The van der Waals surface area contributed by atoms with Gasteiger partial charge < -0.3 is 15.2 Å². The minimum absolute atomic E-state index is 0.0278. The van der Waals surface area contributed by atoms with Crippen molar-refractivity contribution >= 4 is 0 Å². The Bertz CT molecular complexity index is 641. The fraction of sp³-hybridized carbons (Fsp3) is 0.529. The van der Waals surface area contributed by atoms with Crippen LogP contribution < -0.4 is 5.32 Å². The zero-order valence-corrected chi connectivity index (χ0v) is 13.0. The second-order valence-corrected chi connectivity index (χ2v) is 6.51. The summed E-state index contributed by atoms with van der Waals surface area (Å²) < 4.78 is 7.55. The highest BCUT2D eigenvalue weighted by Gasteiger charge is 2.37. The van der Waals surface area contributed by atoms with Crippen molar-refractivity contribution in [2.75, 3.05) is 13.2 Å². The van der Waals surface area contributed by atoms with Crippen LogP contribution in [0.15, 0.2) is 36.5 Å². The number of nitrogens with one attached hydrogen (secondary N) is 1. The Morgan fingerprint density at radius 3 is 2.87 bits per heavy atom. The van der Waals surface area contributed by atoms with Crippen molar-refractivity contribution in [3.05, 3.63) is 36.5 Å². The van der Waals surface area contributed by atoms with Gasteiger partial charge >= 0.3 is 0 Å². The molecule has 23 heavy (non-hydrogen) atoms. The molecule has 6 heteroatoms. The summed E-state index contributed by atoms with van der Waals surface area (Å²) in [6, 6.07) is 9.97. The van der Waals surface area contributed by atoms with E-state index in [1.165, 1.54) is 12.8 Å². The molecule has 1 aliphatic heterocycles. The smallest absolute Gasteiger partial charge is 0.113 e. The number of hydrogen-bond donors (Lipinski definition) is 2. The highest BCUT2D eigenvalue weighted by molar-refractivity contribution is 5.57. The van der Waals surface area contributed by atoms with E-state index in [1.807, 2.05) is 36.5 Å². The van der Waals surface area contributed by atoms with Gasteiger partial charge in [-0.05, 0) is 25.3 Å². The molecule has 2 aliphatic rings. The number of rotatable bonds is 6. The molecule has 0 spiro atoms. The Balaban J connectivity index is 1.41. The average Bonchev–Trinajstić information content (AvgIpc) is 3.18. The van der Waals surface area contributed by atoms with Crippen LogP contribution in [-0.4, -0.2) is 51.5 Å². The van der Waals surface area contributed by atoms with Crippen molar-refractivity contribution in [2.45, 2.75) is 37.6 Å². The van der Waals surface area contributed by atoms with Gasteiger partial charge in [-0.25, -0.2) is 4.68 Å². The summed E-state index contributed by atoms with van der Waals surface area (Å²) in [4.78, 5) is 0. The zero-order chi connectivity index (χ0) is 15.6. The summed E-state index contributed by atoms with van der Waals surface area (Å²) >= 11 is 0. The average molecular weight is 314 g/mol. The lowest BCUT2D eigenvalue weighted by Crippen LogP contribution is -2.46. The zero-order valence-electron chi connectivity index (χ0n) is 13.0. The molecule has 122 valence electrons. The molecule has 2 heterocycles. The molecule has 1 saturated heterocycles. The number of aromatic nitrogens is 3. The number of nitrogens with zero attached hydrogens (tertiary/aromatic N) is 3. The van der Waals surface area contributed by atoms with E-state index in [0.717, 1.165) is 23.7 Å². The van der Waals surface area contributed by atoms with Crippen molar-refractivity contribution < 1.29 is 9.84 Å². The maximum Gasteiger partial charge on any atom is 0.113 e. The molecule has 2 fully saturated rings. The molecule has 1 aromatic heterocycles. The first kappa shape index (κ1) is 14.8. The van der Waals surface area contributed by atoms with Crippen molar-refractivity contribution in [2.24, 2.45) is 5.92 Å². The lowest BCUT2D eigenvalue weighted by atomic mass is 10.1. The second-order valence-electron chi connectivity index (χ2n) is 6.51. The summed E-state index contributed by atoms with van der Waals surface area (Å²) in [7, 11) is 0. The van der Waals surface area contributed by atoms with E-state index in [0.29, 0.717) is 13.2 Å². The largest absolute Gasteiger partial charge is 0.389 e. The molecule has 3 atom stereocenters. The molecular weight excluding hydrogens is 292 g/mol. The normalized spacial score (nSPS) is 27.4. The predicted molar refractivity (Wildman–Crippen MR) is 85.7 cm³/mol.